The summed E-state index contributed by atoms with van der Waals surface area (Å²) in [5.41, 5.74) is 1.75. The summed E-state index contributed by atoms with van der Waals surface area (Å²) >= 11 is 3.53. The lowest BCUT2D eigenvalue weighted by molar-refractivity contribution is 0.337. The second-order valence-electron chi connectivity index (χ2n) is 5.63. The summed E-state index contributed by atoms with van der Waals surface area (Å²) in [6.07, 6.45) is 3.87. The van der Waals surface area contributed by atoms with Gasteiger partial charge in [-0.15, -0.1) is 0 Å². The zero-order chi connectivity index (χ0) is 11.6. The number of benzene rings is 1. The molecule has 2 heteroatoms. The molecule has 1 N–H and O–H groups in total. The molecule has 1 nitrogen and oxygen atoms in total. The van der Waals surface area contributed by atoms with Gasteiger partial charge < -0.3 is 5.32 Å². The van der Waals surface area contributed by atoms with Crippen molar-refractivity contribution in [2.45, 2.75) is 39.2 Å². The lowest BCUT2D eigenvalue weighted by Crippen LogP contribution is -2.32. The van der Waals surface area contributed by atoms with Crippen LogP contribution >= 0.6 is 15.9 Å². The van der Waals surface area contributed by atoms with E-state index in [9.17, 15) is 0 Å². The molecule has 0 spiro atoms. The summed E-state index contributed by atoms with van der Waals surface area (Å²) in [5.74, 6) is 0. The molecular formula is C14H20BrN. The molecule has 0 unspecified atom stereocenters. The van der Waals surface area contributed by atoms with Gasteiger partial charge in [-0.3, -0.25) is 0 Å². The van der Waals surface area contributed by atoms with Crippen molar-refractivity contribution in [2.75, 3.05) is 6.54 Å². The van der Waals surface area contributed by atoms with E-state index < -0.39 is 0 Å². The van der Waals surface area contributed by atoms with Gasteiger partial charge in [-0.05, 0) is 42.4 Å². The first-order chi connectivity index (χ1) is 7.55. The third-order valence-electron chi connectivity index (χ3n) is 3.02. The van der Waals surface area contributed by atoms with Crippen molar-refractivity contribution in [2.24, 2.45) is 5.41 Å². The van der Waals surface area contributed by atoms with Crippen molar-refractivity contribution in [3.05, 3.63) is 34.3 Å². The van der Waals surface area contributed by atoms with Gasteiger partial charge in [0, 0.05) is 17.1 Å². The van der Waals surface area contributed by atoms with E-state index in [1.54, 1.807) is 0 Å². The van der Waals surface area contributed by atoms with Crippen LogP contribution in [0.4, 0.5) is 0 Å². The monoisotopic (exact) mass is 281 g/mol. The molecule has 1 aliphatic carbocycles. The zero-order valence-corrected chi connectivity index (χ0v) is 11.7. The highest BCUT2D eigenvalue weighted by Crippen LogP contribution is 2.25. The van der Waals surface area contributed by atoms with E-state index in [-0.39, 0.29) is 0 Å². The Morgan fingerprint density at radius 3 is 2.75 bits per heavy atom. The van der Waals surface area contributed by atoms with Gasteiger partial charge in [0.15, 0.2) is 0 Å². The van der Waals surface area contributed by atoms with Crippen molar-refractivity contribution in [3.63, 3.8) is 0 Å². The summed E-state index contributed by atoms with van der Waals surface area (Å²) in [7, 11) is 0. The molecule has 2 rings (SSSR count). The van der Waals surface area contributed by atoms with Gasteiger partial charge in [0.25, 0.3) is 0 Å². The number of hydrogen-bond acceptors (Lipinski definition) is 1. The third kappa shape index (κ3) is 3.91. The van der Waals surface area contributed by atoms with Crippen molar-refractivity contribution < 1.29 is 0 Å². The lowest BCUT2D eigenvalue weighted by Gasteiger charge is -2.25. The molecule has 88 valence electrons. The first kappa shape index (κ1) is 12.1. The number of rotatable bonds is 5. The summed E-state index contributed by atoms with van der Waals surface area (Å²) < 4.78 is 1.18. The third-order valence-corrected chi connectivity index (χ3v) is 3.51. The molecule has 1 aliphatic rings. The molecule has 1 aromatic rings. The molecule has 0 heterocycles. The van der Waals surface area contributed by atoms with Crippen LogP contribution in [0.2, 0.25) is 0 Å². The molecule has 0 atom stereocenters. The maximum Gasteiger partial charge on any atom is 0.0177 e. The highest BCUT2D eigenvalue weighted by Gasteiger charge is 2.25. The standard InChI is InChI=1S/C14H20BrN/c1-14(2,10-16-13-6-7-13)9-11-4-3-5-12(15)8-11/h3-5,8,13,16H,6-7,9-10H2,1-2H3. The highest BCUT2D eigenvalue weighted by molar-refractivity contribution is 9.10. The molecule has 1 aromatic carbocycles. The Morgan fingerprint density at radius 2 is 2.12 bits per heavy atom. The first-order valence-corrected chi connectivity index (χ1v) is 6.82. The average Bonchev–Trinajstić information content (AvgIpc) is 2.97. The highest BCUT2D eigenvalue weighted by atomic mass is 79.9. The summed E-state index contributed by atoms with van der Waals surface area (Å²) in [4.78, 5) is 0. The molecule has 1 fully saturated rings. The maximum absolute atomic E-state index is 3.62. The molecule has 0 saturated heterocycles. The van der Waals surface area contributed by atoms with E-state index in [0.717, 1.165) is 19.0 Å². The average molecular weight is 282 g/mol. The Labute approximate surface area is 107 Å². The van der Waals surface area contributed by atoms with Crippen LogP contribution < -0.4 is 5.32 Å². The van der Waals surface area contributed by atoms with Gasteiger partial charge >= 0.3 is 0 Å². The van der Waals surface area contributed by atoms with E-state index in [1.165, 1.54) is 22.9 Å². The zero-order valence-electron chi connectivity index (χ0n) is 10.1. The predicted octanol–water partition coefficient (Wildman–Crippen LogP) is 3.77. The number of nitrogens with one attached hydrogen (secondary N) is 1. The van der Waals surface area contributed by atoms with Crippen molar-refractivity contribution in [3.8, 4) is 0 Å². The molecular weight excluding hydrogens is 262 g/mol. The topological polar surface area (TPSA) is 12.0 Å². The molecule has 1 saturated carbocycles. The largest absolute Gasteiger partial charge is 0.313 e. The molecule has 0 bridgehead atoms. The van der Waals surface area contributed by atoms with Gasteiger partial charge in [0.1, 0.15) is 0 Å². The normalized spacial score (nSPS) is 16.4. The molecule has 0 amide bonds. The van der Waals surface area contributed by atoms with Crippen LogP contribution in [0.5, 0.6) is 0 Å². The second kappa shape index (κ2) is 4.89. The quantitative estimate of drug-likeness (QED) is 0.867. The van der Waals surface area contributed by atoms with Crippen molar-refractivity contribution in [1.29, 1.82) is 0 Å². The first-order valence-electron chi connectivity index (χ1n) is 6.03. The van der Waals surface area contributed by atoms with Gasteiger partial charge in [0.05, 0.1) is 0 Å². The van der Waals surface area contributed by atoms with E-state index >= 15 is 0 Å². The van der Waals surface area contributed by atoms with Gasteiger partial charge in [0.2, 0.25) is 0 Å². The molecule has 0 radical (unpaired) electrons. The fourth-order valence-corrected chi connectivity index (χ4v) is 2.42. The summed E-state index contributed by atoms with van der Waals surface area (Å²) in [5, 5.41) is 3.62. The Morgan fingerprint density at radius 1 is 1.38 bits per heavy atom. The lowest BCUT2D eigenvalue weighted by atomic mass is 9.85. The summed E-state index contributed by atoms with van der Waals surface area (Å²) in [6.45, 7) is 5.79. The fourth-order valence-electron chi connectivity index (χ4n) is 1.97. The van der Waals surface area contributed by atoms with Crippen LogP contribution in [0.25, 0.3) is 0 Å². The minimum absolute atomic E-state index is 0.337. The smallest absolute Gasteiger partial charge is 0.0177 e. The van der Waals surface area contributed by atoms with Crippen LogP contribution in [0, 0.1) is 5.41 Å². The Balaban J connectivity index is 1.90. The maximum atomic E-state index is 3.62. The van der Waals surface area contributed by atoms with E-state index in [1.807, 2.05) is 0 Å². The van der Waals surface area contributed by atoms with Crippen molar-refractivity contribution in [1.82, 2.24) is 5.32 Å². The molecule has 16 heavy (non-hydrogen) atoms. The van der Waals surface area contributed by atoms with Crippen LogP contribution in [0.1, 0.15) is 32.3 Å². The van der Waals surface area contributed by atoms with Gasteiger partial charge in [-0.2, -0.15) is 0 Å². The predicted molar refractivity (Wildman–Crippen MR) is 72.7 cm³/mol. The Hall–Kier alpha value is -0.340. The van der Waals surface area contributed by atoms with E-state index in [2.05, 4.69) is 59.4 Å². The van der Waals surface area contributed by atoms with Crippen LogP contribution in [-0.4, -0.2) is 12.6 Å². The minimum Gasteiger partial charge on any atom is -0.313 e. The number of hydrogen-bond donors (Lipinski definition) is 1. The molecule has 0 aromatic heterocycles. The van der Waals surface area contributed by atoms with E-state index in [4.69, 9.17) is 0 Å². The van der Waals surface area contributed by atoms with E-state index in [0.29, 0.717) is 5.41 Å². The van der Waals surface area contributed by atoms with Crippen LogP contribution in [-0.2, 0) is 6.42 Å². The molecule has 0 aliphatic heterocycles. The second-order valence-corrected chi connectivity index (χ2v) is 6.54. The van der Waals surface area contributed by atoms with Crippen molar-refractivity contribution >= 4 is 15.9 Å². The summed E-state index contributed by atoms with van der Waals surface area (Å²) in [6, 6.07) is 9.44. The fraction of sp³-hybridized carbons (Fsp3) is 0.571. The van der Waals surface area contributed by atoms with Crippen LogP contribution in [0.15, 0.2) is 28.7 Å². The van der Waals surface area contributed by atoms with Gasteiger partial charge in [-0.1, -0.05) is 41.9 Å². The minimum atomic E-state index is 0.337. The number of halogens is 1. The Bertz CT molecular complexity index is 356. The SMILES string of the molecule is CC(C)(CNC1CC1)Cc1cccc(Br)c1. The van der Waals surface area contributed by atoms with Gasteiger partial charge in [-0.25, -0.2) is 0 Å². The van der Waals surface area contributed by atoms with Crippen LogP contribution in [0.3, 0.4) is 0 Å². The Kier molecular flexibility index (Phi) is 3.70.